The number of rotatable bonds is 20. The summed E-state index contributed by atoms with van der Waals surface area (Å²) in [6, 6.07) is 15.8. The summed E-state index contributed by atoms with van der Waals surface area (Å²) in [5.74, 6) is -0.722. The van der Waals surface area contributed by atoms with Gasteiger partial charge in [-0.3, -0.25) is 19.4 Å². The van der Waals surface area contributed by atoms with E-state index >= 15 is 0 Å². The van der Waals surface area contributed by atoms with Gasteiger partial charge in [-0.2, -0.15) is 0 Å². The number of ether oxygens (including phenoxy) is 4. The first kappa shape index (κ1) is 60.0. The van der Waals surface area contributed by atoms with E-state index in [2.05, 4.69) is 62.6 Å². The van der Waals surface area contributed by atoms with Gasteiger partial charge in [-0.25, -0.2) is 18.7 Å². The molecule has 6 aliphatic rings. The molecule has 432 valence electrons. The van der Waals surface area contributed by atoms with Gasteiger partial charge < -0.3 is 39.8 Å². The molecule has 8 heterocycles. The summed E-state index contributed by atoms with van der Waals surface area (Å²) in [7, 11) is 0. The van der Waals surface area contributed by atoms with E-state index in [-0.39, 0.29) is 42.9 Å². The molecule has 4 saturated heterocycles. The number of benzene rings is 2. The third kappa shape index (κ3) is 16.1. The molecule has 14 nitrogen and oxygen atoms in total. The number of aliphatic carboxylic acids is 2. The first-order valence-corrected chi connectivity index (χ1v) is 29.1. The molecule has 6 aliphatic heterocycles. The molecule has 6 atom stereocenters. The van der Waals surface area contributed by atoms with Crippen LogP contribution in [0.25, 0.3) is 0 Å². The Hall–Kier alpha value is -5.10. The van der Waals surface area contributed by atoms with Gasteiger partial charge >= 0.3 is 11.9 Å². The van der Waals surface area contributed by atoms with E-state index in [1.807, 2.05) is 9.80 Å². The van der Waals surface area contributed by atoms with Crippen molar-refractivity contribution in [1.29, 1.82) is 0 Å². The smallest absolute Gasteiger partial charge is 0.325 e. The fourth-order valence-corrected chi connectivity index (χ4v) is 12.3. The van der Waals surface area contributed by atoms with Gasteiger partial charge in [0.25, 0.3) is 0 Å². The van der Waals surface area contributed by atoms with Gasteiger partial charge in [0.2, 0.25) is 0 Å². The molecule has 0 radical (unpaired) electrons. The predicted molar refractivity (Wildman–Crippen MR) is 304 cm³/mol. The van der Waals surface area contributed by atoms with Gasteiger partial charge in [-0.05, 0) is 213 Å². The van der Waals surface area contributed by atoms with E-state index in [0.717, 1.165) is 150 Å². The minimum absolute atomic E-state index is 0. The van der Waals surface area contributed by atoms with Gasteiger partial charge in [-0.1, -0.05) is 31.7 Å². The number of anilines is 2. The number of carbonyl (C=O) groups is 2. The van der Waals surface area contributed by atoms with Crippen molar-refractivity contribution < 1.29 is 47.5 Å². The van der Waals surface area contributed by atoms with Crippen LogP contribution in [0.2, 0.25) is 0 Å². The number of likely N-dealkylation sites (tertiary alicyclic amines) is 2. The molecule has 4 aromatic rings. The number of pyridine rings is 2. The summed E-state index contributed by atoms with van der Waals surface area (Å²) >= 11 is 0. The molecule has 0 spiro atoms. The lowest BCUT2D eigenvalue weighted by Crippen LogP contribution is -2.35. The van der Waals surface area contributed by atoms with E-state index in [4.69, 9.17) is 28.9 Å². The number of nitrogens with zero attached hydrogens (tertiary/aromatic N) is 4. The van der Waals surface area contributed by atoms with Crippen LogP contribution in [0.1, 0.15) is 194 Å². The van der Waals surface area contributed by atoms with Crippen molar-refractivity contribution in [3.63, 3.8) is 0 Å². The minimum Gasteiger partial charge on any atom is -0.480 e. The van der Waals surface area contributed by atoms with Crippen LogP contribution < -0.4 is 10.6 Å². The Balaban J connectivity index is 0.000000205. The zero-order valence-corrected chi connectivity index (χ0v) is 46.5. The second kappa shape index (κ2) is 27.6. The van der Waals surface area contributed by atoms with Gasteiger partial charge in [0, 0.05) is 75.1 Å². The van der Waals surface area contributed by atoms with Crippen molar-refractivity contribution in [3.05, 3.63) is 117 Å². The van der Waals surface area contributed by atoms with E-state index in [9.17, 15) is 28.6 Å². The zero-order chi connectivity index (χ0) is 54.8. The number of fused-ring (bicyclic) bond motifs is 2. The van der Waals surface area contributed by atoms with Crippen molar-refractivity contribution in [2.24, 2.45) is 0 Å². The maximum Gasteiger partial charge on any atom is 0.325 e. The SMILES string of the molecule is C.CC1(C)CCc2ccc(CCCCO[C@@H]3CCN([C@@H](C(=O)O)c4cc(F)ccc4[C@@H]4CCCCO4)C3)nc2N1.CC1(C)CCc2ccc(CCCCO[C@@H]3CCN([C@H](C(=O)O)c4cc(F)ccc4[C@@H]4CCCCO4)C3)nc2N1. The van der Waals surface area contributed by atoms with Crippen LogP contribution in [-0.4, -0.2) is 118 Å². The van der Waals surface area contributed by atoms with Crippen molar-refractivity contribution in [2.75, 3.05) is 63.2 Å². The molecule has 4 fully saturated rings. The summed E-state index contributed by atoms with van der Waals surface area (Å²) in [5.41, 5.74) is 7.56. The number of aryl methyl sites for hydroxylation is 4. The number of carboxylic acids is 2. The predicted octanol–water partition coefficient (Wildman–Crippen LogP) is 12.3. The number of hydrogen-bond donors (Lipinski definition) is 4. The standard InChI is InChI=1S/2C31H42FN3O4.CH4/c2*1-31(2)15-13-21-9-11-23(33-29(21)34-31)7-3-5-17-38-24-14-16-35(20-24)28(30(36)37)26-19-22(32)10-12-25(26)27-8-4-6-18-39-27;/h2*9-12,19,24,27-28H,3-8,13-18,20H2,1-2H3,(H,33,34)(H,36,37);1H4/t24-,27+,28+;24-,27+,28-;/m11./s1. The molecule has 0 aliphatic carbocycles. The monoisotopic (exact) mass is 1090 g/mol. The lowest BCUT2D eigenvalue weighted by molar-refractivity contribution is -0.144. The van der Waals surface area contributed by atoms with Crippen LogP contribution in [0, 0.1) is 11.6 Å². The minimum atomic E-state index is -0.964. The molecule has 2 aromatic heterocycles. The third-order valence-electron chi connectivity index (χ3n) is 16.7. The van der Waals surface area contributed by atoms with Crippen LogP contribution in [0.15, 0.2) is 60.7 Å². The fourth-order valence-electron chi connectivity index (χ4n) is 12.3. The van der Waals surface area contributed by atoms with Crippen LogP contribution in [0.3, 0.4) is 0 Å². The Morgan fingerprint density at radius 2 is 1.06 bits per heavy atom. The average Bonchev–Trinajstić information content (AvgIpc) is 4.10. The molecule has 0 unspecified atom stereocenters. The maximum absolute atomic E-state index is 14.3. The quantitative estimate of drug-likeness (QED) is 0.0617. The second-order valence-corrected chi connectivity index (χ2v) is 23.8. The topological polar surface area (TPSA) is 168 Å². The third-order valence-corrected chi connectivity index (χ3v) is 16.7. The highest BCUT2D eigenvalue weighted by molar-refractivity contribution is 5.77. The summed E-state index contributed by atoms with van der Waals surface area (Å²) < 4.78 is 52.8. The van der Waals surface area contributed by atoms with Crippen LogP contribution >= 0.6 is 0 Å². The van der Waals surface area contributed by atoms with Gasteiger partial charge in [0.1, 0.15) is 35.4 Å². The summed E-state index contributed by atoms with van der Waals surface area (Å²) in [6.07, 6.45) is 16.8. The number of halogens is 2. The number of nitrogens with one attached hydrogen (secondary N) is 2. The van der Waals surface area contributed by atoms with Crippen molar-refractivity contribution in [1.82, 2.24) is 19.8 Å². The Kier molecular flexibility index (Phi) is 20.9. The normalized spacial score (nSPS) is 23.4. The lowest BCUT2D eigenvalue weighted by atomic mass is 9.91. The molecular weight excluding hydrogens is 1010 g/mol. The Morgan fingerprint density at radius 3 is 1.46 bits per heavy atom. The molecular formula is C63H88F2N6O8. The lowest BCUT2D eigenvalue weighted by Gasteiger charge is -2.33. The van der Waals surface area contributed by atoms with Gasteiger partial charge in [0.05, 0.1) is 24.4 Å². The first-order valence-electron chi connectivity index (χ1n) is 29.1. The molecule has 0 amide bonds. The summed E-state index contributed by atoms with van der Waals surface area (Å²) in [4.78, 5) is 38.4. The van der Waals surface area contributed by atoms with Crippen LogP contribution in [0.4, 0.5) is 20.4 Å². The second-order valence-electron chi connectivity index (χ2n) is 23.8. The summed E-state index contributed by atoms with van der Waals surface area (Å²) in [5, 5.41) is 27.5. The molecule has 0 bridgehead atoms. The largest absolute Gasteiger partial charge is 0.480 e. The molecule has 10 rings (SSSR count). The molecule has 0 saturated carbocycles. The number of carboxylic acid groups (broad SMARTS) is 2. The Labute approximate surface area is 467 Å². The first-order chi connectivity index (χ1) is 37.6. The Bertz CT molecular complexity index is 2480. The van der Waals surface area contributed by atoms with E-state index in [0.29, 0.717) is 63.7 Å². The van der Waals surface area contributed by atoms with Crippen LogP contribution in [-0.2, 0) is 54.2 Å². The fraction of sp³-hybridized carbons (Fsp3) is 0.619. The highest BCUT2D eigenvalue weighted by Gasteiger charge is 2.39. The maximum atomic E-state index is 14.3. The summed E-state index contributed by atoms with van der Waals surface area (Å²) in [6.45, 7) is 13.7. The van der Waals surface area contributed by atoms with E-state index in [1.54, 1.807) is 12.1 Å². The zero-order valence-electron chi connectivity index (χ0n) is 46.5. The molecule has 2 aromatic carbocycles. The van der Waals surface area contributed by atoms with Crippen molar-refractivity contribution in [2.45, 2.75) is 198 Å². The molecule has 79 heavy (non-hydrogen) atoms. The highest BCUT2D eigenvalue weighted by Crippen LogP contribution is 2.39. The van der Waals surface area contributed by atoms with Crippen molar-refractivity contribution in [3.8, 4) is 0 Å². The molecule has 4 N–H and O–H groups in total. The average molecular weight is 1100 g/mol. The van der Waals surface area contributed by atoms with E-state index < -0.39 is 35.7 Å². The number of hydrogen-bond acceptors (Lipinski definition) is 12. The van der Waals surface area contributed by atoms with Crippen molar-refractivity contribution >= 4 is 23.6 Å². The highest BCUT2D eigenvalue weighted by atomic mass is 19.1. The Morgan fingerprint density at radius 1 is 0.633 bits per heavy atom. The number of aromatic nitrogens is 2. The van der Waals surface area contributed by atoms with Gasteiger partial charge in [0.15, 0.2) is 0 Å². The van der Waals surface area contributed by atoms with E-state index in [1.165, 1.54) is 35.4 Å². The number of unbranched alkanes of at least 4 members (excludes halogenated alkanes) is 2. The molecule has 16 heteroatoms. The van der Waals surface area contributed by atoms with Gasteiger partial charge in [-0.15, -0.1) is 0 Å². The van der Waals surface area contributed by atoms with Crippen LogP contribution in [0.5, 0.6) is 0 Å².